The van der Waals surface area contributed by atoms with Crippen molar-refractivity contribution in [3.05, 3.63) is 29.8 Å². The zero-order valence-corrected chi connectivity index (χ0v) is 8.25. The molecule has 0 aliphatic heterocycles. The Bertz CT molecular complexity index is 391. The van der Waals surface area contributed by atoms with Crippen LogP contribution in [0.4, 0.5) is 13.2 Å². The lowest BCUT2D eigenvalue weighted by molar-refractivity contribution is -0.137. The van der Waals surface area contributed by atoms with Gasteiger partial charge in [0.15, 0.2) is 0 Å². The number of hydrogen-bond acceptors (Lipinski definition) is 2. The summed E-state index contributed by atoms with van der Waals surface area (Å²) in [6.07, 6.45) is -2.75. The molecule has 0 saturated heterocycles. The molecule has 0 spiro atoms. The predicted octanol–water partition coefficient (Wildman–Crippen LogP) is 3.02. The molecule has 2 rings (SSSR count). The minimum Gasteiger partial charge on any atom is -0.426 e. The Hall–Kier alpha value is -1.52. The van der Waals surface area contributed by atoms with Gasteiger partial charge in [0, 0.05) is 0 Å². The summed E-state index contributed by atoms with van der Waals surface area (Å²) in [5, 5.41) is 0. The van der Waals surface area contributed by atoms with Crippen LogP contribution in [-0.4, -0.2) is 5.97 Å². The predicted molar refractivity (Wildman–Crippen MR) is 49.8 cm³/mol. The molecule has 1 aliphatic carbocycles. The lowest BCUT2D eigenvalue weighted by Gasteiger charge is -2.07. The summed E-state index contributed by atoms with van der Waals surface area (Å²) >= 11 is 0. The first-order valence-electron chi connectivity index (χ1n) is 4.86. The highest BCUT2D eigenvalue weighted by atomic mass is 19.4. The first kappa shape index (κ1) is 11.0. The minimum atomic E-state index is -4.36. The molecule has 16 heavy (non-hydrogen) atoms. The van der Waals surface area contributed by atoms with Crippen LogP contribution in [-0.2, 0) is 11.0 Å². The number of esters is 1. The van der Waals surface area contributed by atoms with Gasteiger partial charge in [-0.25, -0.2) is 0 Å². The smallest absolute Gasteiger partial charge is 0.416 e. The molecule has 0 unspecified atom stereocenters. The number of halogens is 3. The van der Waals surface area contributed by atoms with Gasteiger partial charge >= 0.3 is 12.1 Å². The summed E-state index contributed by atoms with van der Waals surface area (Å²) in [6.45, 7) is 0. The number of rotatable bonds is 2. The largest absolute Gasteiger partial charge is 0.426 e. The third-order valence-electron chi connectivity index (χ3n) is 2.31. The normalized spacial score (nSPS) is 15.9. The molecular formula is C11H9F3O2. The number of hydrogen-bond donors (Lipinski definition) is 0. The maximum absolute atomic E-state index is 12.2. The van der Waals surface area contributed by atoms with Gasteiger partial charge in [-0.15, -0.1) is 0 Å². The van der Waals surface area contributed by atoms with Gasteiger partial charge in [0.1, 0.15) is 5.75 Å². The molecule has 1 aliphatic rings. The first-order chi connectivity index (χ1) is 7.47. The molecule has 86 valence electrons. The molecule has 0 aromatic heterocycles. The SMILES string of the molecule is O=C(Oc1ccc(C(F)(F)F)cc1)C1CC1. The third-order valence-corrected chi connectivity index (χ3v) is 2.31. The Morgan fingerprint density at radius 3 is 2.19 bits per heavy atom. The molecule has 1 fully saturated rings. The van der Waals surface area contributed by atoms with E-state index < -0.39 is 11.7 Å². The zero-order chi connectivity index (χ0) is 11.8. The fourth-order valence-electron chi connectivity index (χ4n) is 1.23. The Labute approximate surface area is 90.0 Å². The molecule has 1 aromatic carbocycles. The topological polar surface area (TPSA) is 26.3 Å². The second kappa shape index (κ2) is 3.81. The highest BCUT2D eigenvalue weighted by Crippen LogP contribution is 2.32. The number of carbonyl (C=O) groups is 1. The van der Waals surface area contributed by atoms with Gasteiger partial charge in [0.25, 0.3) is 0 Å². The van der Waals surface area contributed by atoms with Gasteiger partial charge in [-0.05, 0) is 37.1 Å². The summed E-state index contributed by atoms with van der Waals surface area (Å²) in [5.41, 5.74) is -0.751. The van der Waals surface area contributed by atoms with Crippen LogP contribution >= 0.6 is 0 Å². The van der Waals surface area contributed by atoms with Crippen LogP contribution < -0.4 is 4.74 Å². The van der Waals surface area contributed by atoms with E-state index in [9.17, 15) is 18.0 Å². The van der Waals surface area contributed by atoms with Crippen LogP contribution in [0.1, 0.15) is 18.4 Å². The van der Waals surface area contributed by atoms with E-state index in [2.05, 4.69) is 0 Å². The van der Waals surface area contributed by atoms with E-state index in [4.69, 9.17) is 4.74 Å². The summed E-state index contributed by atoms with van der Waals surface area (Å²) < 4.78 is 41.5. The molecule has 1 saturated carbocycles. The van der Waals surface area contributed by atoms with E-state index in [1.165, 1.54) is 0 Å². The van der Waals surface area contributed by atoms with Gasteiger partial charge in [0.05, 0.1) is 11.5 Å². The highest BCUT2D eigenvalue weighted by molar-refractivity contribution is 5.77. The number of benzene rings is 1. The van der Waals surface area contributed by atoms with Crippen LogP contribution in [0.2, 0.25) is 0 Å². The van der Waals surface area contributed by atoms with E-state index in [-0.39, 0.29) is 17.6 Å². The molecule has 0 bridgehead atoms. The first-order valence-corrected chi connectivity index (χ1v) is 4.86. The van der Waals surface area contributed by atoms with E-state index in [1.807, 2.05) is 0 Å². The lowest BCUT2D eigenvalue weighted by Crippen LogP contribution is -2.10. The van der Waals surface area contributed by atoms with Crippen molar-refractivity contribution < 1.29 is 22.7 Å². The van der Waals surface area contributed by atoms with E-state index in [1.54, 1.807) is 0 Å². The molecule has 5 heteroatoms. The van der Waals surface area contributed by atoms with Crippen molar-refractivity contribution in [3.63, 3.8) is 0 Å². The van der Waals surface area contributed by atoms with Crippen molar-refractivity contribution >= 4 is 5.97 Å². The standard InChI is InChI=1S/C11H9F3O2/c12-11(13,14)8-3-5-9(6-4-8)16-10(15)7-1-2-7/h3-7H,1-2H2. The van der Waals surface area contributed by atoms with E-state index in [0.29, 0.717) is 0 Å². The van der Waals surface area contributed by atoms with Gasteiger partial charge in [-0.3, -0.25) is 4.79 Å². The van der Waals surface area contributed by atoms with Gasteiger partial charge in [-0.2, -0.15) is 13.2 Å². The zero-order valence-electron chi connectivity index (χ0n) is 8.25. The van der Waals surface area contributed by atoms with Crippen molar-refractivity contribution in [3.8, 4) is 5.75 Å². The maximum Gasteiger partial charge on any atom is 0.416 e. The van der Waals surface area contributed by atoms with Gasteiger partial charge < -0.3 is 4.74 Å². The van der Waals surface area contributed by atoms with Crippen LogP contribution in [0.15, 0.2) is 24.3 Å². The van der Waals surface area contributed by atoms with E-state index >= 15 is 0 Å². The average molecular weight is 230 g/mol. The Morgan fingerprint density at radius 1 is 1.19 bits per heavy atom. The summed E-state index contributed by atoms with van der Waals surface area (Å²) in [5.74, 6) is -0.271. The van der Waals surface area contributed by atoms with Crippen LogP contribution in [0.3, 0.4) is 0 Å². The minimum absolute atomic E-state index is 0.0673. The quantitative estimate of drug-likeness (QED) is 0.576. The second-order valence-corrected chi connectivity index (χ2v) is 3.72. The van der Waals surface area contributed by atoms with Crippen LogP contribution in [0.5, 0.6) is 5.75 Å². The fraction of sp³-hybridized carbons (Fsp3) is 0.364. The van der Waals surface area contributed by atoms with Crippen molar-refractivity contribution in [2.24, 2.45) is 5.92 Å². The molecule has 2 nitrogen and oxygen atoms in total. The third kappa shape index (κ3) is 2.53. The number of alkyl halides is 3. The molecule has 0 heterocycles. The van der Waals surface area contributed by atoms with Gasteiger partial charge in [0.2, 0.25) is 0 Å². The van der Waals surface area contributed by atoms with Crippen molar-refractivity contribution in [2.75, 3.05) is 0 Å². The average Bonchev–Trinajstić information content (AvgIpc) is 3.00. The number of carbonyl (C=O) groups excluding carboxylic acids is 1. The molecule has 1 aromatic rings. The molecule has 0 radical (unpaired) electrons. The summed E-state index contributed by atoms with van der Waals surface area (Å²) in [7, 11) is 0. The van der Waals surface area contributed by atoms with Gasteiger partial charge in [-0.1, -0.05) is 0 Å². The van der Waals surface area contributed by atoms with Crippen LogP contribution in [0.25, 0.3) is 0 Å². The molecular weight excluding hydrogens is 221 g/mol. The number of ether oxygens (including phenoxy) is 1. The fourth-order valence-corrected chi connectivity index (χ4v) is 1.23. The second-order valence-electron chi connectivity index (χ2n) is 3.72. The van der Waals surface area contributed by atoms with Crippen molar-refractivity contribution in [1.82, 2.24) is 0 Å². The summed E-state index contributed by atoms with van der Waals surface area (Å²) in [4.78, 5) is 11.2. The summed E-state index contributed by atoms with van der Waals surface area (Å²) in [6, 6.07) is 4.11. The van der Waals surface area contributed by atoms with Crippen LogP contribution in [0, 0.1) is 5.92 Å². The van der Waals surface area contributed by atoms with E-state index in [0.717, 1.165) is 37.1 Å². The molecule has 0 N–H and O–H groups in total. The Balaban J connectivity index is 2.04. The lowest BCUT2D eigenvalue weighted by atomic mass is 10.2. The van der Waals surface area contributed by atoms with Crippen molar-refractivity contribution in [1.29, 1.82) is 0 Å². The monoisotopic (exact) mass is 230 g/mol. The maximum atomic E-state index is 12.2. The Morgan fingerprint density at radius 2 is 1.75 bits per heavy atom. The highest BCUT2D eigenvalue weighted by Gasteiger charge is 2.32. The Kier molecular flexibility index (Phi) is 2.61. The molecule has 0 atom stereocenters. The van der Waals surface area contributed by atoms with Crippen molar-refractivity contribution in [2.45, 2.75) is 19.0 Å². The molecule has 0 amide bonds.